The van der Waals surface area contributed by atoms with Crippen LogP contribution in [0.4, 0.5) is 4.39 Å². The molecule has 1 N–H and O–H groups in total. The Morgan fingerprint density at radius 2 is 1.91 bits per heavy atom. The highest BCUT2D eigenvalue weighted by Gasteiger charge is 2.37. The number of piperidine rings is 2. The Labute approximate surface area is 129 Å². The Morgan fingerprint density at radius 1 is 1.14 bits per heavy atom. The average molecular weight is 300 g/mol. The normalized spacial score (nSPS) is 28.9. The number of aromatic nitrogens is 1. The van der Waals surface area contributed by atoms with Crippen LogP contribution in [0.25, 0.3) is 10.9 Å². The molecule has 3 atom stereocenters. The van der Waals surface area contributed by atoms with Crippen molar-refractivity contribution in [3.63, 3.8) is 0 Å². The Kier molecular flexibility index (Phi) is 3.59. The summed E-state index contributed by atoms with van der Waals surface area (Å²) in [5, 5.41) is 10.8. The number of nitrogens with zero attached hydrogens (tertiary/aromatic N) is 2. The molecular formula is C18H21FN2O. The van der Waals surface area contributed by atoms with Gasteiger partial charge in [-0.3, -0.25) is 4.90 Å². The highest BCUT2D eigenvalue weighted by molar-refractivity contribution is 5.79. The summed E-state index contributed by atoms with van der Waals surface area (Å²) in [6.45, 7) is 0.756. The highest BCUT2D eigenvalue weighted by Crippen LogP contribution is 2.35. The zero-order chi connectivity index (χ0) is 15.1. The van der Waals surface area contributed by atoms with Crippen molar-refractivity contribution in [3.8, 4) is 0 Å². The van der Waals surface area contributed by atoms with E-state index in [1.54, 1.807) is 6.07 Å². The molecule has 3 nitrogen and oxygen atoms in total. The first-order valence-electron chi connectivity index (χ1n) is 8.18. The molecule has 0 radical (unpaired) electrons. The molecule has 3 heterocycles. The number of benzene rings is 1. The molecule has 2 aliphatic heterocycles. The molecule has 4 heteroatoms. The molecule has 0 amide bonds. The molecule has 0 aliphatic carbocycles. The van der Waals surface area contributed by atoms with E-state index in [9.17, 15) is 9.50 Å². The van der Waals surface area contributed by atoms with Crippen molar-refractivity contribution in [1.29, 1.82) is 0 Å². The van der Waals surface area contributed by atoms with Crippen LogP contribution >= 0.6 is 0 Å². The van der Waals surface area contributed by atoms with Crippen molar-refractivity contribution in [1.82, 2.24) is 9.88 Å². The lowest BCUT2D eigenvalue weighted by Crippen LogP contribution is -2.52. The van der Waals surface area contributed by atoms with Gasteiger partial charge in [0.05, 0.1) is 11.8 Å². The maximum atomic E-state index is 13.9. The van der Waals surface area contributed by atoms with Crippen molar-refractivity contribution >= 4 is 10.9 Å². The van der Waals surface area contributed by atoms with Gasteiger partial charge in [-0.15, -0.1) is 0 Å². The van der Waals surface area contributed by atoms with Gasteiger partial charge < -0.3 is 5.11 Å². The standard InChI is InChI=1S/C18H21FN2O/c19-17-6-1-3-12-7-8-13(20-18(12)17)11-21-14-4-2-5-15(21)10-16(22)9-14/h1,3,6-8,14-16,22H,2,4-5,9-11H2/t14-,15+,16?. The van der Waals surface area contributed by atoms with Gasteiger partial charge in [0.2, 0.25) is 0 Å². The van der Waals surface area contributed by atoms with Gasteiger partial charge in [0.25, 0.3) is 0 Å². The van der Waals surface area contributed by atoms with Crippen molar-refractivity contribution < 1.29 is 9.50 Å². The van der Waals surface area contributed by atoms with Gasteiger partial charge in [0.15, 0.2) is 0 Å². The van der Waals surface area contributed by atoms with Crippen molar-refractivity contribution in [2.45, 2.75) is 56.8 Å². The van der Waals surface area contributed by atoms with E-state index < -0.39 is 0 Å². The van der Waals surface area contributed by atoms with Crippen LogP contribution in [0, 0.1) is 5.82 Å². The van der Waals surface area contributed by atoms with Gasteiger partial charge in [-0.1, -0.05) is 24.6 Å². The Hall–Kier alpha value is -1.52. The number of aliphatic hydroxyl groups excluding tert-OH is 1. The van der Waals surface area contributed by atoms with Gasteiger partial charge in [0.1, 0.15) is 11.3 Å². The minimum atomic E-state index is -0.256. The number of rotatable bonds is 2. The quantitative estimate of drug-likeness (QED) is 0.925. The molecule has 4 rings (SSSR count). The summed E-state index contributed by atoms with van der Waals surface area (Å²) in [6, 6.07) is 9.92. The minimum absolute atomic E-state index is 0.159. The largest absolute Gasteiger partial charge is 0.393 e. The Morgan fingerprint density at radius 3 is 2.68 bits per heavy atom. The zero-order valence-corrected chi connectivity index (χ0v) is 12.6. The van der Waals surface area contributed by atoms with E-state index in [0.29, 0.717) is 17.6 Å². The molecule has 1 aromatic carbocycles. The molecular weight excluding hydrogens is 279 g/mol. The van der Waals surface area contributed by atoms with E-state index in [1.807, 2.05) is 18.2 Å². The topological polar surface area (TPSA) is 36.4 Å². The lowest BCUT2D eigenvalue weighted by Gasteiger charge is -2.47. The molecule has 2 aromatic rings. The monoisotopic (exact) mass is 300 g/mol. The van der Waals surface area contributed by atoms with Gasteiger partial charge in [0, 0.05) is 24.0 Å². The molecule has 2 fully saturated rings. The second-order valence-corrected chi connectivity index (χ2v) is 6.65. The van der Waals surface area contributed by atoms with Gasteiger partial charge in [-0.05, 0) is 37.8 Å². The van der Waals surface area contributed by atoms with E-state index >= 15 is 0 Å². The summed E-state index contributed by atoms with van der Waals surface area (Å²) in [7, 11) is 0. The number of fused-ring (bicyclic) bond motifs is 3. The molecule has 1 aromatic heterocycles. The summed E-state index contributed by atoms with van der Waals surface area (Å²) in [5.41, 5.74) is 1.38. The second kappa shape index (κ2) is 5.60. The maximum absolute atomic E-state index is 13.9. The van der Waals surface area contributed by atoms with Crippen molar-refractivity contribution in [2.24, 2.45) is 0 Å². The molecule has 0 saturated carbocycles. The lowest BCUT2D eigenvalue weighted by atomic mass is 9.83. The fraction of sp³-hybridized carbons (Fsp3) is 0.500. The van der Waals surface area contributed by atoms with E-state index in [2.05, 4.69) is 9.88 Å². The third-order valence-electron chi connectivity index (χ3n) is 5.17. The molecule has 2 saturated heterocycles. The molecule has 2 aliphatic rings. The highest BCUT2D eigenvalue weighted by atomic mass is 19.1. The summed E-state index contributed by atoms with van der Waals surface area (Å²) >= 11 is 0. The molecule has 2 bridgehead atoms. The third kappa shape index (κ3) is 2.50. The van der Waals surface area contributed by atoms with Gasteiger partial charge in [-0.25, -0.2) is 9.37 Å². The summed E-state index contributed by atoms with van der Waals surface area (Å²) in [4.78, 5) is 7.01. The van der Waals surface area contributed by atoms with Crippen molar-refractivity contribution in [2.75, 3.05) is 0 Å². The van der Waals surface area contributed by atoms with E-state index in [4.69, 9.17) is 0 Å². The van der Waals surface area contributed by atoms with Crippen LogP contribution in [0.2, 0.25) is 0 Å². The number of hydrogen-bond donors (Lipinski definition) is 1. The van der Waals surface area contributed by atoms with Crippen molar-refractivity contribution in [3.05, 3.63) is 41.8 Å². The van der Waals surface area contributed by atoms with E-state index in [-0.39, 0.29) is 11.9 Å². The second-order valence-electron chi connectivity index (χ2n) is 6.65. The summed E-state index contributed by atoms with van der Waals surface area (Å²) in [6.07, 6.45) is 5.11. The zero-order valence-electron chi connectivity index (χ0n) is 12.6. The van der Waals surface area contributed by atoms with E-state index in [0.717, 1.165) is 43.3 Å². The Bertz CT molecular complexity index is 676. The Balaban J connectivity index is 1.62. The van der Waals surface area contributed by atoms with Crippen LogP contribution in [-0.2, 0) is 6.54 Å². The molecule has 22 heavy (non-hydrogen) atoms. The fourth-order valence-electron chi connectivity index (χ4n) is 4.13. The molecule has 116 valence electrons. The van der Waals surface area contributed by atoms with Crippen LogP contribution in [0.3, 0.4) is 0 Å². The van der Waals surface area contributed by atoms with Crippen LogP contribution in [0.5, 0.6) is 0 Å². The lowest BCUT2D eigenvalue weighted by molar-refractivity contribution is -0.0318. The summed E-state index contributed by atoms with van der Waals surface area (Å²) in [5.74, 6) is -0.256. The predicted molar refractivity (Wildman–Crippen MR) is 83.9 cm³/mol. The number of para-hydroxylation sites is 1. The van der Waals surface area contributed by atoms with Crippen LogP contribution in [0.15, 0.2) is 30.3 Å². The smallest absolute Gasteiger partial charge is 0.149 e. The first-order chi connectivity index (χ1) is 10.7. The number of hydrogen-bond acceptors (Lipinski definition) is 3. The molecule has 1 unspecified atom stereocenters. The first kappa shape index (κ1) is 14.1. The van der Waals surface area contributed by atoms with E-state index in [1.165, 1.54) is 12.5 Å². The maximum Gasteiger partial charge on any atom is 0.149 e. The van der Waals surface area contributed by atoms with Crippen LogP contribution < -0.4 is 0 Å². The number of halogens is 1. The van der Waals surface area contributed by atoms with Crippen LogP contribution in [0.1, 0.15) is 37.8 Å². The minimum Gasteiger partial charge on any atom is -0.393 e. The average Bonchev–Trinajstić information content (AvgIpc) is 2.49. The fourth-order valence-corrected chi connectivity index (χ4v) is 4.13. The SMILES string of the molecule is OC1C[C@H]2CCC[C@@H](C1)N2Cc1ccc2cccc(F)c2n1. The summed E-state index contributed by atoms with van der Waals surface area (Å²) < 4.78 is 13.9. The van der Waals surface area contributed by atoms with Gasteiger partial charge in [-0.2, -0.15) is 0 Å². The van der Waals surface area contributed by atoms with Gasteiger partial charge >= 0.3 is 0 Å². The van der Waals surface area contributed by atoms with Crippen LogP contribution in [-0.4, -0.2) is 33.2 Å². The first-order valence-corrected chi connectivity index (χ1v) is 8.18. The number of aliphatic hydroxyl groups is 1. The third-order valence-corrected chi connectivity index (χ3v) is 5.17. The predicted octanol–water partition coefficient (Wildman–Crippen LogP) is 3.25. The molecule has 0 spiro atoms. The number of pyridine rings is 1.